The summed E-state index contributed by atoms with van der Waals surface area (Å²) in [7, 11) is 0. The molecule has 1 unspecified atom stereocenters. The lowest BCUT2D eigenvalue weighted by atomic mass is 10.0. The van der Waals surface area contributed by atoms with Gasteiger partial charge in [-0.25, -0.2) is 4.79 Å². The minimum absolute atomic E-state index is 0.0249. The Bertz CT molecular complexity index is 798. The summed E-state index contributed by atoms with van der Waals surface area (Å²) < 4.78 is 15.2. The van der Waals surface area contributed by atoms with Crippen molar-refractivity contribution in [2.75, 3.05) is 19.7 Å². The minimum atomic E-state index is -0.857. The van der Waals surface area contributed by atoms with Crippen LogP contribution in [0, 0.1) is 0 Å². The summed E-state index contributed by atoms with van der Waals surface area (Å²) in [6.07, 6.45) is 0.241. The van der Waals surface area contributed by atoms with Gasteiger partial charge >= 0.3 is 12.1 Å². The first kappa shape index (κ1) is 19.3. The number of carbonyl (C=O) groups is 2. The largest absolute Gasteiger partial charge is 0.515 e. The van der Waals surface area contributed by atoms with Crippen LogP contribution in [0.15, 0.2) is 30.9 Å². The average Bonchev–Trinajstić information content (AvgIpc) is 2.99. The van der Waals surface area contributed by atoms with E-state index in [1.54, 1.807) is 25.1 Å². The van der Waals surface area contributed by atoms with Gasteiger partial charge in [-0.1, -0.05) is 12.1 Å². The van der Waals surface area contributed by atoms with Gasteiger partial charge in [0.05, 0.1) is 12.1 Å². The van der Waals surface area contributed by atoms with E-state index >= 15 is 0 Å². The third-order valence-corrected chi connectivity index (χ3v) is 3.51. The maximum absolute atomic E-state index is 11.5. The first-order chi connectivity index (χ1) is 12.5. The predicted molar refractivity (Wildman–Crippen MR) is 95.2 cm³/mol. The summed E-state index contributed by atoms with van der Waals surface area (Å²) in [5.74, 6) is -0.347. The molecule has 1 heterocycles. The molecule has 0 saturated carbocycles. The Morgan fingerprint density at radius 2 is 2.19 bits per heavy atom. The van der Waals surface area contributed by atoms with E-state index in [0.29, 0.717) is 29.6 Å². The number of hydrogen-bond acceptors (Lipinski definition) is 7. The molecule has 0 bridgehead atoms. The molecule has 0 spiro atoms. The van der Waals surface area contributed by atoms with E-state index in [4.69, 9.17) is 14.2 Å². The van der Waals surface area contributed by atoms with Crippen molar-refractivity contribution in [2.45, 2.75) is 20.0 Å². The third-order valence-electron chi connectivity index (χ3n) is 3.51. The highest BCUT2D eigenvalue weighted by Crippen LogP contribution is 2.34. The molecule has 0 aliphatic rings. The Morgan fingerprint density at radius 1 is 1.42 bits per heavy atom. The average molecular weight is 362 g/mol. The molecule has 1 aromatic carbocycles. The van der Waals surface area contributed by atoms with Gasteiger partial charge in [-0.2, -0.15) is 0 Å². The third kappa shape index (κ3) is 4.76. The van der Waals surface area contributed by atoms with Gasteiger partial charge in [-0.15, -0.1) is 6.58 Å². The van der Waals surface area contributed by atoms with Gasteiger partial charge < -0.3 is 29.6 Å². The van der Waals surface area contributed by atoms with Crippen molar-refractivity contribution < 1.29 is 28.9 Å². The van der Waals surface area contributed by atoms with E-state index in [9.17, 15) is 14.7 Å². The highest BCUT2D eigenvalue weighted by Gasteiger charge is 2.21. The van der Waals surface area contributed by atoms with Gasteiger partial charge in [-0.3, -0.25) is 4.79 Å². The van der Waals surface area contributed by atoms with Gasteiger partial charge in [-0.05, 0) is 13.0 Å². The van der Waals surface area contributed by atoms with Crippen molar-refractivity contribution in [1.29, 1.82) is 0 Å². The van der Waals surface area contributed by atoms with Crippen LogP contribution in [0.3, 0.4) is 0 Å². The van der Waals surface area contributed by atoms with E-state index in [2.05, 4.69) is 16.9 Å². The molecule has 8 nitrogen and oxygen atoms in total. The molecule has 0 aliphatic heterocycles. The van der Waals surface area contributed by atoms with Crippen LogP contribution < -0.4 is 10.1 Å². The molecule has 0 radical (unpaired) electrons. The Morgan fingerprint density at radius 3 is 2.85 bits per heavy atom. The normalized spacial score (nSPS) is 11.8. The summed E-state index contributed by atoms with van der Waals surface area (Å²) in [6, 6.07) is 4.68. The smallest absolute Gasteiger partial charge is 0.506 e. The molecular formula is C18H22N2O6. The first-order valence-electron chi connectivity index (χ1n) is 8.14. The van der Waals surface area contributed by atoms with Crippen molar-refractivity contribution in [3.05, 3.63) is 36.4 Å². The second kappa shape index (κ2) is 8.91. The second-order valence-corrected chi connectivity index (χ2v) is 5.43. The van der Waals surface area contributed by atoms with Crippen LogP contribution in [0.4, 0.5) is 4.79 Å². The number of carbonyl (C=O) groups excluding carboxylic acids is 2. The number of aromatic nitrogens is 1. The van der Waals surface area contributed by atoms with Gasteiger partial charge in [0.25, 0.3) is 0 Å². The number of hydrogen-bond donors (Lipinski definition) is 3. The van der Waals surface area contributed by atoms with Crippen molar-refractivity contribution in [3.63, 3.8) is 0 Å². The minimum Gasteiger partial charge on any atom is -0.506 e. The number of ether oxygens (including phenoxy) is 3. The number of rotatable bonds is 8. The molecular weight excluding hydrogens is 340 g/mol. The summed E-state index contributed by atoms with van der Waals surface area (Å²) in [5.41, 5.74) is 1.02. The van der Waals surface area contributed by atoms with Crippen molar-refractivity contribution >= 4 is 23.0 Å². The molecule has 1 atom stereocenters. The first-order valence-corrected chi connectivity index (χ1v) is 8.14. The molecule has 0 fully saturated rings. The molecule has 1 aromatic heterocycles. The highest BCUT2D eigenvalue weighted by molar-refractivity contribution is 5.90. The molecule has 2 aromatic rings. The van der Waals surface area contributed by atoms with Gasteiger partial charge in [0, 0.05) is 37.0 Å². The number of fused-ring (bicyclic) bond motifs is 1. The van der Waals surface area contributed by atoms with E-state index in [1.807, 2.05) is 0 Å². The van der Waals surface area contributed by atoms with E-state index in [-0.39, 0.29) is 18.2 Å². The van der Waals surface area contributed by atoms with Crippen molar-refractivity contribution in [1.82, 2.24) is 10.3 Å². The van der Waals surface area contributed by atoms with Crippen LogP contribution in [0.2, 0.25) is 0 Å². The van der Waals surface area contributed by atoms with Crippen LogP contribution >= 0.6 is 0 Å². The molecule has 3 N–H and O–H groups in total. The maximum Gasteiger partial charge on any atom is 0.515 e. The van der Waals surface area contributed by atoms with Crippen LogP contribution in [0.1, 0.15) is 25.5 Å². The Balaban J connectivity index is 2.38. The molecule has 140 valence electrons. The fourth-order valence-corrected chi connectivity index (χ4v) is 2.51. The fraction of sp³-hybridized carbons (Fsp3) is 0.333. The van der Waals surface area contributed by atoms with Crippen LogP contribution in [-0.2, 0) is 14.3 Å². The number of phenols is 1. The number of aromatic amines is 1. The summed E-state index contributed by atoms with van der Waals surface area (Å²) in [5, 5.41) is 13.8. The molecule has 2 rings (SSSR count). The van der Waals surface area contributed by atoms with Gasteiger partial charge in [0.1, 0.15) is 11.9 Å². The lowest BCUT2D eigenvalue weighted by Crippen LogP contribution is -2.24. The number of phenolic OH excluding ortho intramolecular Hbond substituents is 1. The lowest BCUT2D eigenvalue weighted by molar-refractivity contribution is -0.146. The standard InChI is InChI=1S/C18H22N2O6/c1-4-8-19-10-15(25-11(3)21)12-6-7-14(22)17-13(12)9-16(20-17)26-18(23)24-5-2/h4,6-7,9,15,19-20,22H,1,5,8,10H2,2-3H3. The van der Waals surface area contributed by atoms with E-state index < -0.39 is 18.2 Å². The monoisotopic (exact) mass is 362 g/mol. The van der Waals surface area contributed by atoms with E-state index in [1.165, 1.54) is 13.0 Å². The summed E-state index contributed by atoms with van der Waals surface area (Å²) >= 11 is 0. The van der Waals surface area contributed by atoms with Crippen LogP contribution in [0.5, 0.6) is 11.6 Å². The fourth-order valence-electron chi connectivity index (χ4n) is 2.51. The molecule has 26 heavy (non-hydrogen) atoms. The predicted octanol–water partition coefficient (Wildman–Crippen LogP) is 2.79. The molecule has 0 saturated heterocycles. The Hall–Kier alpha value is -3.00. The zero-order valence-electron chi connectivity index (χ0n) is 14.7. The number of aromatic hydroxyl groups is 1. The van der Waals surface area contributed by atoms with Crippen molar-refractivity contribution in [2.24, 2.45) is 0 Å². The Kier molecular flexibility index (Phi) is 6.62. The number of nitrogens with one attached hydrogen (secondary N) is 2. The second-order valence-electron chi connectivity index (χ2n) is 5.43. The zero-order valence-corrected chi connectivity index (χ0v) is 14.7. The summed E-state index contributed by atoms with van der Waals surface area (Å²) in [4.78, 5) is 25.8. The quantitative estimate of drug-likeness (QED) is 0.376. The molecule has 8 heteroatoms. The Labute approximate surface area is 150 Å². The number of H-pyrrole nitrogens is 1. The number of benzene rings is 1. The van der Waals surface area contributed by atoms with E-state index in [0.717, 1.165) is 0 Å². The summed E-state index contributed by atoms with van der Waals surface area (Å²) in [6.45, 7) is 7.69. The van der Waals surface area contributed by atoms with Gasteiger partial charge in [0.2, 0.25) is 5.88 Å². The van der Waals surface area contributed by atoms with Gasteiger partial charge in [0.15, 0.2) is 0 Å². The van der Waals surface area contributed by atoms with Crippen molar-refractivity contribution in [3.8, 4) is 11.6 Å². The molecule has 0 aliphatic carbocycles. The zero-order chi connectivity index (χ0) is 19.1. The van der Waals surface area contributed by atoms with Crippen LogP contribution in [0.25, 0.3) is 10.9 Å². The maximum atomic E-state index is 11.5. The number of esters is 1. The lowest BCUT2D eigenvalue weighted by Gasteiger charge is -2.19. The molecule has 0 amide bonds. The van der Waals surface area contributed by atoms with Crippen LogP contribution in [-0.4, -0.2) is 41.9 Å². The highest BCUT2D eigenvalue weighted by atomic mass is 16.7. The topological polar surface area (TPSA) is 110 Å². The SMILES string of the molecule is C=CCNCC(OC(C)=O)c1ccc(O)c2[nH]c(OC(=O)OCC)cc12.